The van der Waals surface area contributed by atoms with Crippen LogP contribution in [0.4, 0.5) is 0 Å². The maximum Gasteiger partial charge on any atom is 0.123 e. The molecule has 88 valence electrons. The predicted octanol–water partition coefficient (Wildman–Crippen LogP) is 2.99. The summed E-state index contributed by atoms with van der Waals surface area (Å²) in [6.07, 6.45) is 5.03. The van der Waals surface area contributed by atoms with E-state index in [4.69, 9.17) is 4.74 Å². The minimum absolute atomic E-state index is 0.136. The van der Waals surface area contributed by atoms with Crippen LogP contribution in [0.2, 0.25) is 0 Å². The Kier molecular flexibility index (Phi) is 3.20. The normalized spacial score (nSPS) is 18.7. The fourth-order valence-electron chi connectivity index (χ4n) is 2.83. The monoisotopic (exact) mass is 219 g/mol. The van der Waals surface area contributed by atoms with E-state index in [2.05, 4.69) is 37.5 Å². The molecular weight excluding hydrogens is 198 g/mol. The summed E-state index contributed by atoms with van der Waals surface area (Å²) in [6.45, 7) is 2.14. The van der Waals surface area contributed by atoms with Crippen LogP contribution in [0.25, 0.3) is 0 Å². The molecule has 0 aromatic heterocycles. The second-order valence-corrected chi connectivity index (χ2v) is 4.74. The first-order chi connectivity index (χ1) is 7.72. The van der Waals surface area contributed by atoms with Crippen molar-refractivity contribution in [2.45, 2.75) is 38.1 Å². The van der Waals surface area contributed by atoms with Gasteiger partial charge in [0, 0.05) is 11.1 Å². The van der Waals surface area contributed by atoms with Gasteiger partial charge in [0.05, 0.1) is 7.11 Å². The highest BCUT2D eigenvalue weighted by molar-refractivity contribution is 5.42. The maximum absolute atomic E-state index is 5.50. The predicted molar refractivity (Wildman–Crippen MR) is 66.9 cm³/mol. The summed E-state index contributed by atoms with van der Waals surface area (Å²) < 4.78 is 5.50. The van der Waals surface area contributed by atoms with E-state index >= 15 is 0 Å². The molecule has 0 unspecified atom stereocenters. The Balaban J connectivity index is 2.47. The van der Waals surface area contributed by atoms with E-state index < -0.39 is 0 Å². The van der Waals surface area contributed by atoms with Crippen LogP contribution in [0.5, 0.6) is 5.75 Å². The van der Waals surface area contributed by atoms with Gasteiger partial charge in [-0.1, -0.05) is 30.5 Å². The molecule has 1 fully saturated rings. The molecule has 1 aliphatic carbocycles. The molecule has 0 spiro atoms. The van der Waals surface area contributed by atoms with Crippen LogP contribution in [0, 0.1) is 6.92 Å². The van der Waals surface area contributed by atoms with Crippen molar-refractivity contribution in [1.29, 1.82) is 0 Å². The summed E-state index contributed by atoms with van der Waals surface area (Å²) >= 11 is 0. The first kappa shape index (κ1) is 11.5. The summed E-state index contributed by atoms with van der Waals surface area (Å²) in [7, 11) is 3.82. The smallest absolute Gasteiger partial charge is 0.123 e. The van der Waals surface area contributed by atoms with E-state index in [1.807, 2.05) is 0 Å². The number of aryl methyl sites for hydroxylation is 1. The van der Waals surface area contributed by atoms with Crippen molar-refractivity contribution in [2.75, 3.05) is 14.2 Å². The highest BCUT2D eigenvalue weighted by atomic mass is 16.5. The Morgan fingerprint density at radius 1 is 1.25 bits per heavy atom. The van der Waals surface area contributed by atoms with Crippen LogP contribution in [0.3, 0.4) is 0 Å². The quantitative estimate of drug-likeness (QED) is 0.843. The standard InChI is InChI=1S/C14H21NO/c1-11-6-7-13(16-3)12(10-11)14(15-2)8-4-5-9-14/h6-7,10,15H,4-5,8-9H2,1-3H3. The van der Waals surface area contributed by atoms with Gasteiger partial charge in [0.1, 0.15) is 5.75 Å². The fraction of sp³-hybridized carbons (Fsp3) is 0.571. The lowest BCUT2D eigenvalue weighted by atomic mass is 9.86. The number of methoxy groups -OCH3 is 1. The third-order valence-electron chi connectivity index (χ3n) is 3.81. The zero-order valence-corrected chi connectivity index (χ0v) is 10.5. The van der Waals surface area contributed by atoms with Gasteiger partial charge in [-0.15, -0.1) is 0 Å². The Bertz CT molecular complexity index is 367. The number of nitrogens with one attached hydrogen (secondary N) is 1. The lowest BCUT2D eigenvalue weighted by Gasteiger charge is -2.31. The van der Waals surface area contributed by atoms with E-state index in [9.17, 15) is 0 Å². The Morgan fingerprint density at radius 2 is 1.94 bits per heavy atom. The Labute approximate surface area is 98.0 Å². The zero-order chi connectivity index (χ0) is 11.6. The molecule has 0 radical (unpaired) electrons. The van der Waals surface area contributed by atoms with E-state index in [1.54, 1.807) is 7.11 Å². The average Bonchev–Trinajstić information content (AvgIpc) is 2.78. The number of rotatable bonds is 3. The Hall–Kier alpha value is -1.02. The van der Waals surface area contributed by atoms with E-state index in [-0.39, 0.29) is 5.54 Å². The lowest BCUT2D eigenvalue weighted by molar-refractivity contribution is 0.339. The summed E-state index contributed by atoms with van der Waals surface area (Å²) in [6, 6.07) is 6.46. The molecule has 0 aliphatic heterocycles. The van der Waals surface area contributed by atoms with Gasteiger partial charge in [-0.25, -0.2) is 0 Å². The topological polar surface area (TPSA) is 21.3 Å². The van der Waals surface area contributed by atoms with Crippen LogP contribution < -0.4 is 10.1 Å². The second kappa shape index (κ2) is 4.46. The summed E-state index contributed by atoms with van der Waals surface area (Å²) in [5.74, 6) is 1.02. The van der Waals surface area contributed by atoms with Crippen LogP contribution in [-0.2, 0) is 5.54 Å². The maximum atomic E-state index is 5.50. The third-order valence-corrected chi connectivity index (χ3v) is 3.81. The minimum Gasteiger partial charge on any atom is -0.496 e. The van der Waals surface area contributed by atoms with Crippen molar-refractivity contribution < 1.29 is 4.74 Å². The van der Waals surface area contributed by atoms with Gasteiger partial charge in [-0.2, -0.15) is 0 Å². The summed E-state index contributed by atoms with van der Waals surface area (Å²) in [5.41, 5.74) is 2.77. The molecule has 2 heteroatoms. The highest BCUT2D eigenvalue weighted by Gasteiger charge is 2.36. The molecule has 1 N–H and O–H groups in total. The number of hydrogen-bond acceptors (Lipinski definition) is 2. The van der Waals surface area contributed by atoms with Crippen molar-refractivity contribution in [3.8, 4) is 5.75 Å². The van der Waals surface area contributed by atoms with Crippen LogP contribution in [0.1, 0.15) is 36.8 Å². The highest BCUT2D eigenvalue weighted by Crippen LogP contribution is 2.42. The first-order valence-corrected chi connectivity index (χ1v) is 6.06. The van der Waals surface area contributed by atoms with Gasteiger partial charge in [0.2, 0.25) is 0 Å². The van der Waals surface area contributed by atoms with Gasteiger partial charge >= 0.3 is 0 Å². The average molecular weight is 219 g/mol. The largest absolute Gasteiger partial charge is 0.496 e. The Morgan fingerprint density at radius 3 is 2.50 bits per heavy atom. The molecule has 16 heavy (non-hydrogen) atoms. The van der Waals surface area contributed by atoms with Crippen LogP contribution in [0.15, 0.2) is 18.2 Å². The molecule has 0 heterocycles. The van der Waals surface area contributed by atoms with Crippen molar-refractivity contribution in [1.82, 2.24) is 5.32 Å². The summed E-state index contributed by atoms with van der Waals surface area (Å²) in [4.78, 5) is 0. The molecule has 2 nitrogen and oxygen atoms in total. The molecule has 1 aliphatic rings. The molecule has 0 atom stereocenters. The first-order valence-electron chi connectivity index (χ1n) is 6.06. The molecule has 0 amide bonds. The lowest BCUT2D eigenvalue weighted by Crippen LogP contribution is -2.37. The van der Waals surface area contributed by atoms with Gasteiger partial charge in [0.15, 0.2) is 0 Å². The van der Waals surface area contributed by atoms with Crippen LogP contribution >= 0.6 is 0 Å². The molecule has 1 aromatic carbocycles. The van der Waals surface area contributed by atoms with Crippen molar-refractivity contribution >= 4 is 0 Å². The van der Waals surface area contributed by atoms with Crippen LogP contribution in [-0.4, -0.2) is 14.2 Å². The zero-order valence-electron chi connectivity index (χ0n) is 10.5. The summed E-state index contributed by atoms with van der Waals surface area (Å²) in [5, 5.41) is 3.52. The fourth-order valence-corrected chi connectivity index (χ4v) is 2.83. The molecule has 1 saturated carbocycles. The SMILES string of the molecule is CNC1(c2cc(C)ccc2OC)CCCC1. The van der Waals surface area contributed by atoms with Crippen molar-refractivity contribution in [2.24, 2.45) is 0 Å². The van der Waals surface area contributed by atoms with E-state index in [0.29, 0.717) is 0 Å². The van der Waals surface area contributed by atoms with Gasteiger partial charge < -0.3 is 10.1 Å². The second-order valence-electron chi connectivity index (χ2n) is 4.74. The molecule has 1 aromatic rings. The molecule has 0 bridgehead atoms. The third kappa shape index (κ3) is 1.82. The minimum atomic E-state index is 0.136. The molecule has 0 saturated heterocycles. The number of hydrogen-bond donors (Lipinski definition) is 1. The number of ether oxygens (including phenoxy) is 1. The molecular formula is C14H21NO. The van der Waals surface area contributed by atoms with E-state index in [1.165, 1.54) is 36.8 Å². The molecule has 2 rings (SSSR count). The van der Waals surface area contributed by atoms with Gasteiger partial charge in [0.25, 0.3) is 0 Å². The van der Waals surface area contributed by atoms with Crippen molar-refractivity contribution in [3.05, 3.63) is 29.3 Å². The number of benzene rings is 1. The van der Waals surface area contributed by atoms with Gasteiger partial charge in [-0.05, 0) is 32.9 Å². The van der Waals surface area contributed by atoms with E-state index in [0.717, 1.165) is 5.75 Å². The van der Waals surface area contributed by atoms with Crippen molar-refractivity contribution in [3.63, 3.8) is 0 Å². The van der Waals surface area contributed by atoms with Gasteiger partial charge in [-0.3, -0.25) is 0 Å².